The van der Waals surface area contributed by atoms with E-state index >= 15 is 0 Å². The molecule has 222 valence electrons. The molecule has 1 aromatic carbocycles. The second kappa shape index (κ2) is 13.7. The summed E-state index contributed by atoms with van der Waals surface area (Å²) in [5.74, 6) is -0.883. The first-order valence-corrected chi connectivity index (χ1v) is 14.2. The zero-order valence-electron chi connectivity index (χ0n) is 24.7. The van der Waals surface area contributed by atoms with E-state index in [1.165, 1.54) is 12.0 Å². The predicted molar refractivity (Wildman–Crippen MR) is 153 cm³/mol. The number of imidazole rings is 1. The molecule has 2 atom stereocenters. The molecule has 1 aliphatic rings. The molecule has 40 heavy (non-hydrogen) atoms. The molecule has 0 spiro atoms. The highest BCUT2D eigenvalue weighted by Gasteiger charge is 2.41. The smallest absolute Gasteiger partial charge is 0.410 e. The predicted octanol–water partition coefficient (Wildman–Crippen LogP) is 5.01. The standard InChI is InChI=1S/C29H43ClN4O6/c1-19(2)16-34(21-15-20(27(36)39-7)17-32(18-21)28(37)40-29(3,4)5)26(35)25-31-24-22(30)11-10-12-23(24)33(25)13-8-9-14-38-6/h10-12,19-21H,8-9,13-18H2,1-7H3/t20-,21+/m1/s1. The Hall–Kier alpha value is -2.85. The van der Waals surface area contributed by atoms with Crippen LogP contribution in [-0.2, 0) is 25.5 Å². The number of rotatable bonds is 10. The summed E-state index contributed by atoms with van der Waals surface area (Å²) in [4.78, 5) is 48.1. The van der Waals surface area contributed by atoms with Crippen molar-refractivity contribution >= 4 is 40.6 Å². The third-order valence-electron chi connectivity index (χ3n) is 6.78. The third-order valence-corrected chi connectivity index (χ3v) is 7.08. The topological polar surface area (TPSA) is 103 Å². The first-order chi connectivity index (χ1) is 18.9. The lowest BCUT2D eigenvalue weighted by Gasteiger charge is -2.42. The van der Waals surface area contributed by atoms with Gasteiger partial charge in [0.25, 0.3) is 5.91 Å². The van der Waals surface area contributed by atoms with Gasteiger partial charge in [0, 0.05) is 39.9 Å². The number of fused-ring (bicyclic) bond motifs is 1. The summed E-state index contributed by atoms with van der Waals surface area (Å²) in [6.45, 7) is 11.4. The normalized spacial score (nSPS) is 17.8. The van der Waals surface area contributed by atoms with Crippen LogP contribution in [0.1, 0.15) is 64.5 Å². The lowest BCUT2D eigenvalue weighted by molar-refractivity contribution is -0.148. The van der Waals surface area contributed by atoms with Gasteiger partial charge in [0.15, 0.2) is 5.82 Å². The largest absolute Gasteiger partial charge is 0.469 e. The van der Waals surface area contributed by atoms with Crippen molar-refractivity contribution in [3.05, 3.63) is 29.0 Å². The number of halogens is 1. The van der Waals surface area contributed by atoms with Gasteiger partial charge in [-0.05, 0) is 58.1 Å². The van der Waals surface area contributed by atoms with Crippen molar-refractivity contribution in [1.82, 2.24) is 19.4 Å². The van der Waals surface area contributed by atoms with E-state index in [9.17, 15) is 14.4 Å². The number of aryl methyl sites for hydroxylation is 1. The highest BCUT2D eigenvalue weighted by molar-refractivity contribution is 6.35. The van der Waals surface area contributed by atoms with E-state index in [2.05, 4.69) is 0 Å². The number of carbonyl (C=O) groups excluding carboxylic acids is 3. The molecule has 10 nitrogen and oxygen atoms in total. The van der Waals surface area contributed by atoms with Gasteiger partial charge in [-0.2, -0.15) is 0 Å². The fourth-order valence-corrected chi connectivity index (χ4v) is 5.26. The summed E-state index contributed by atoms with van der Waals surface area (Å²) in [5.41, 5.74) is 0.644. The molecule has 0 saturated carbocycles. The average Bonchev–Trinajstić information content (AvgIpc) is 3.27. The SMILES string of the molecule is COCCCCn1c(C(=O)N(CC(C)C)[C@H]2C[C@@H](C(=O)OC)CN(C(=O)OC(C)(C)C)C2)nc2c(Cl)cccc21. The number of unbranched alkanes of at least 4 members (excludes halogenated alkanes) is 1. The number of aromatic nitrogens is 2. The summed E-state index contributed by atoms with van der Waals surface area (Å²) in [6, 6.07) is 5.07. The molecule has 2 heterocycles. The average molecular weight is 579 g/mol. The van der Waals surface area contributed by atoms with Crippen molar-refractivity contribution in [3.8, 4) is 0 Å². The number of nitrogens with zero attached hydrogens (tertiary/aromatic N) is 4. The summed E-state index contributed by atoms with van der Waals surface area (Å²) in [5, 5.41) is 0.470. The molecular weight excluding hydrogens is 536 g/mol. The van der Waals surface area contributed by atoms with E-state index < -0.39 is 29.6 Å². The van der Waals surface area contributed by atoms with Crippen LogP contribution in [0.25, 0.3) is 11.0 Å². The van der Waals surface area contributed by atoms with Crippen molar-refractivity contribution in [1.29, 1.82) is 0 Å². The fourth-order valence-electron chi connectivity index (χ4n) is 5.05. The molecule has 1 aromatic heterocycles. The molecule has 0 bridgehead atoms. The minimum absolute atomic E-state index is 0.126. The summed E-state index contributed by atoms with van der Waals surface area (Å²) in [6.07, 6.45) is 1.45. The number of benzene rings is 1. The third kappa shape index (κ3) is 7.87. The summed E-state index contributed by atoms with van der Waals surface area (Å²) >= 11 is 6.49. The van der Waals surface area contributed by atoms with Crippen molar-refractivity contribution in [2.24, 2.45) is 11.8 Å². The quantitative estimate of drug-likeness (QED) is 0.288. The molecule has 0 unspecified atom stereocenters. The van der Waals surface area contributed by atoms with E-state index in [0.717, 1.165) is 18.4 Å². The summed E-state index contributed by atoms with van der Waals surface area (Å²) in [7, 11) is 2.99. The van der Waals surface area contributed by atoms with E-state index in [4.69, 9.17) is 30.8 Å². The van der Waals surface area contributed by atoms with Gasteiger partial charge >= 0.3 is 12.1 Å². The highest BCUT2D eigenvalue weighted by atomic mass is 35.5. The number of amides is 2. The molecule has 0 aliphatic carbocycles. The number of likely N-dealkylation sites (tertiary alicyclic amines) is 1. The monoisotopic (exact) mass is 578 g/mol. The Labute approximate surface area is 241 Å². The molecule has 2 amide bonds. The van der Waals surface area contributed by atoms with Crippen LogP contribution in [0, 0.1) is 11.8 Å². The number of hydrogen-bond donors (Lipinski definition) is 0. The van der Waals surface area contributed by atoms with Crippen LogP contribution < -0.4 is 0 Å². The summed E-state index contributed by atoms with van der Waals surface area (Å²) < 4.78 is 17.8. The lowest BCUT2D eigenvalue weighted by Crippen LogP contribution is -2.57. The van der Waals surface area contributed by atoms with Crippen LogP contribution in [0.2, 0.25) is 5.02 Å². The fraction of sp³-hybridized carbons (Fsp3) is 0.655. The van der Waals surface area contributed by atoms with Crippen LogP contribution in [-0.4, -0.2) is 89.4 Å². The minimum Gasteiger partial charge on any atom is -0.469 e. The van der Waals surface area contributed by atoms with Gasteiger partial charge < -0.3 is 28.6 Å². The van der Waals surface area contributed by atoms with Crippen molar-refractivity contribution in [2.75, 3.05) is 40.5 Å². The second-order valence-corrected chi connectivity index (χ2v) is 12.1. The van der Waals surface area contributed by atoms with Gasteiger partial charge in [-0.15, -0.1) is 0 Å². The second-order valence-electron chi connectivity index (χ2n) is 11.7. The number of methoxy groups -OCH3 is 2. The number of para-hydroxylation sites is 1. The van der Waals surface area contributed by atoms with E-state index in [1.807, 2.05) is 30.5 Å². The maximum atomic E-state index is 14.3. The van der Waals surface area contributed by atoms with Crippen molar-refractivity contribution < 1.29 is 28.6 Å². The van der Waals surface area contributed by atoms with Crippen LogP contribution in [0.5, 0.6) is 0 Å². The number of carbonyl (C=O) groups is 3. The molecule has 1 fully saturated rings. The van der Waals surface area contributed by atoms with Gasteiger partial charge in [0.05, 0.1) is 29.6 Å². The molecule has 0 radical (unpaired) electrons. The van der Waals surface area contributed by atoms with Crippen molar-refractivity contribution in [3.63, 3.8) is 0 Å². The first-order valence-electron chi connectivity index (χ1n) is 13.9. The van der Waals surface area contributed by atoms with Crippen LogP contribution in [0.15, 0.2) is 18.2 Å². The molecule has 3 rings (SSSR count). The van der Waals surface area contributed by atoms with Gasteiger partial charge in [-0.1, -0.05) is 31.5 Å². The van der Waals surface area contributed by atoms with Crippen molar-refractivity contribution in [2.45, 2.75) is 72.1 Å². The van der Waals surface area contributed by atoms with Gasteiger partial charge in [-0.3, -0.25) is 9.59 Å². The highest BCUT2D eigenvalue weighted by Crippen LogP contribution is 2.29. The van der Waals surface area contributed by atoms with Crippen LogP contribution >= 0.6 is 11.6 Å². The zero-order valence-corrected chi connectivity index (χ0v) is 25.5. The Morgan fingerprint density at radius 2 is 1.88 bits per heavy atom. The maximum Gasteiger partial charge on any atom is 0.410 e. The van der Waals surface area contributed by atoms with Gasteiger partial charge in [0.2, 0.25) is 0 Å². The van der Waals surface area contributed by atoms with E-state index in [-0.39, 0.29) is 30.7 Å². The molecule has 11 heteroatoms. The van der Waals surface area contributed by atoms with Gasteiger partial charge in [0.1, 0.15) is 11.1 Å². The van der Waals surface area contributed by atoms with Crippen LogP contribution in [0.3, 0.4) is 0 Å². The Morgan fingerprint density at radius 1 is 1.15 bits per heavy atom. The molecule has 1 saturated heterocycles. The lowest BCUT2D eigenvalue weighted by atomic mass is 9.92. The molecule has 1 aliphatic heterocycles. The minimum atomic E-state index is -0.703. The van der Waals surface area contributed by atoms with E-state index in [1.54, 1.807) is 38.8 Å². The number of hydrogen-bond acceptors (Lipinski definition) is 7. The number of ether oxygens (including phenoxy) is 3. The Balaban J connectivity index is 2.02. The Bertz CT molecular complexity index is 1190. The molecular formula is C29H43ClN4O6. The number of piperidine rings is 1. The number of esters is 1. The van der Waals surface area contributed by atoms with Gasteiger partial charge in [-0.25, -0.2) is 9.78 Å². The van der Waals surface area contributed by atoms with E-state index in [0.29, 0.717) is 36.7 Å². The molecule has 0 N–H and O–H groups in total. The Morgan fingerprint density at radius 3 is 2.50 bits per heavy atom. The zero-order chi connectivity index (χ0) is 29.6. The van der Waals surface area contributed by atoms with Crippen LogP contribution in [0.4, 0.5) is 4.79 Å². The maximum absolute atomic E-state index is 14.3. The Kier molecular flexibility index (Phi) is 10.8. The first kappa shape index (κ1) is 31.7. The molecule has 2 aromatic rings.